The van der Waals surface area contributed by atoms with Gasteiger partial charge in [0, 0.05) is 12.8 Å². The highest BCUT2D eigenvalue weighted by atomic mass is 19.4. The summed E-state index contributed by atoms with van der Waals surface area (Å²) in [4.78, 5) is 11.2. The molecule has 0 aromatic heterocycles. The molecule has 2 rings (SSSR count). The molecule has 1 aliphatic carbocycles. The first-order chi connectivity index (χ1) is 8.83. The Morgan fingerprint density at radius 2 is 1.79 bits per heavy atom. The minimum absolute atomic E-state index is 0.146. The predicted molar refractivity (Wildman–Crippen MR) is 64.1 cm³/mol. The number of carbonyl (C=O) groups excluding carboxylic acids is 1. The van der Waals surface area contributed by atoms with Gasteiger partial charge >= 0.3 is 6.36 Å². The fourth-order valence-corrected chi connectivity index (χ4v) is 2.48. The Kier molecular flexibility index (Phi) is 3.83. The van der Waals surface area contributed by atoms with Crippen LogP contribution >= 0.6 is 0 Å². The molecule has 0 N–H and O–H groups in total. The van der Waals surface area contributed by atoms with Gasteiger partial charge < -0.3 is 4.74 Å². The fourth-order valence-electron chi connectivity index (χ4n) is 2.48. The summed E-state index contributed by atoms with van der Waals surface area (Å²) >= 11 is 0. The van der Waals surface area contributed by atoms with Crippen LogP contribution in [0.2, 0.25) is 0 Å². The van der Waals surface area contributed by atoms with E-state index in [0.29, 0.717) is 25.7 Å². The highest BCUT2D eigenvalue weighted by Crippen LogP contribution is 2.34. The third-order valence-corrected chi connectivity index (χ3v) is 3.32. The van der Waals surface area contributed by atoms with E-state index in [-0.39, 0.29) is 17.5 Å². The van der Waals surface area contributed by atoms with Crippen LogP contribution in [0.25, 0.3) is 0 Å². The Hall–Kier alpha value is -1.52. The Labute approximate surface area is 109 Å². The van der Waals surface area contributed by atoms with Crippen LogP contribution in [-0.4, -0.2) is 12.1 Å². The van der Waals surface area contributed by atoms with E-state index in [9.17, 15) is 18.0 Å². The molecular formula is C14H15F3O2. The van der Waals surface area contributed by atoms with Crippen LogP contribution in [0.15, 0.2) is 18.2 Å². The second-order valence-corrected chi connectivity index (χ2v) is 4.94. The van der Waals surface area contributed by atoms with Gasteiger partial charge in [-0.1, -0.05) is 6.07 Å². The number of benzene rings is 1. The number of Topliss-reactive ketones (excluding diaryl/α,β-unsaturated/α-hetero) is 1. The summed E-state index contributed by atoms with van der Waals surface area (Å²) in [5.41, 5.74) is 1.56. The van der Waals surface area contributed by atoms with Crippen LogP contribution in [0.5, 0.6) is 5.75 Å². The molecule has 0 heterocycles. The number of rotatable bonds is 2. The zero-order chi connectivity index (χ0) is 14.0. The summed E-state index contributed by atoms with van der Waals surface area (Å²) in [5.74, 6) is 0.197. The van der Waals surface area contributed by atoms with Crippen molar-refractivity contribution in [3.63, 3.8) is 0 Å². The van der Waals surface area contributed by atoms with Crippen molar-refractivity contribution in [1.82, 2.24) is 0 Å². The van der Waals surface area contributed by atoms with Crippen molar-refractivity contribution in [2.45, 2.75) is 44.9 Å². The molecule has 1 aromatic carbocycles. The number of halogens is 3. The smallest absolute Gasteiger partial charge is 0.406 e. The molecule has 0 bridgehead atoms. The Morgan fingerprint density at radius 1 is 1.16 bits per heavy atom. The molecule has 0 amide bonds. The van der Waals surface area contributed by atoms with E-state index < -0.39 is 6.36 Å². The number of alkyl halides is 3. The molecule has 0 saturated heterocycles. The normalized spacial score (nSPS) is 17.6. The lowest BCUT2D eigenvalue weighted by molar-refractivity contribution is -0.274. The van der Waals surface area contributed by atoms with Crippen molar-refractivity contribution in [3.05, 3.63) is 29.3 Å². The number of hydrogen-bond donors (Lipinski definition) is 0. The first-order valence-electron chi connectivity index (χ1n) is 6.22. The molecule has 0 atom stereocenters. The number of hydrogen-bond acceptors (Lipinski definition) is 2. The molecule has 104 valence electrons. The second-order valence-electron chi connectivity index (χ2n) is 4.94. The maximum Gasteiger partial charge on any atom is 0.573 e. The van der Waals surface area contributed by atoms with Gasteiger partial charge in [-0.25, -0.2) is 0 Å². The Morgan fingerprint density at radius 3 is 2.37 bits per heavy atom. The topological polar surface area (TPSA) is 26.3 Å². The summed E-state index contributed by atoms with van der Waals surface area (Å²) in [6, 6.07) is 4.66. The Bertz CT molecular complexity index is 470. The van der Waals surface area contributed by atoms with Gasteiger partial charge in [-0.05, 0) is 48.9 Å². The van der Waals surface area contributed by atoms with Crippen molar-refractivity contribution >= 4 is 5.78 Å². The third-order valence-electron chi connectivity index (χ3n) is 3.32. The summed E-state index contributed by atoms with van der Waals surface area (Å²) in [6.07, 6.45) is -2.25. The fraction of sp³-hybridized carbons (Fsp3) is 0.500. The van der Waals surface area contributed by atoms with Crippen molar-refractivity contribution in [1.29, 1.82) is 0 Å². The number of carbonyl (C=O) groups is 1. The van der Waals surface area contributed by atoms with Gasteiger partial charge in [0.15, 0.2) is 0 Å². The SMILES string of the molecule is Cc1cc(OC(F)(F)F)cc(C2CCC(=O)CC2)c1. The second kappa shape index (κ2) is 5.23. The van der Waals surface area contributed by atoms with Crippen molar-refractivity contribution < 1.29 is 22.7 Å². The molecule has 0 aliphatic heterocycles. The highest BCUT2D eigenvalue weighted by Gasteiger charge is 2.31. The van der Waals surface area contributed by atoms with E-state index in [2.05, 4.69) is 4.74 Å². The van der Waals surface area contributed by atoms with Gasteiger partial charge in [0.2, 0.25) is 0 Å². The molecule has 1 aromatic rings. The molecule has 0 unspecified atom stereocenters. The third kappa shape index (κ3) is 3.98. The monoisotopic (exact) mass is 272 g/mol. The van der Waals surface area contributed by atoms with Gasteiger partial charge in [0.05, 0.1) is 0 Å². The zero-order valence-electron chi connectivity index (χ0n) is 10.6. The van der Waals surface area contributed by atoms with Crippen LogP contribution in [0.3, 0.4) is 0 Å². The predicted octanol–water partition coefficient (Wildman–Crippen LogP) is 4.12. The molecule has 0 spiro atoms. The molecule has 0 radical (unpaired) electrons. The minimum Gasteiger partial charge on any atom is -0.406 e. The molecular weight excluding hydrogens is 257 g/mol. The number of aryl methyl sites for hydroxylation is 1. The molecule has 2 nitrogen and oxygen atoms in total. The average Bonchev–Trinajstić information content (AvgIpc) is 2.26. The largest absolute Gasteiger partial charge is 0.573 e. The van der Waals surface area contributed by atoms with E-state index in [0.717, 1.165) is 11.1 Å². The van der Waals surface area contributed by atoms with E-state index in [1.807, 2.05) is 6.07 Å². The van der Waals surface area contributed by atoms with Crippen LogP contribution in [0.4, 0.5) is 13.2 Å². The summed E-state index contributed by atoms with van der Waals surface area (Å²) in [5, 5.41) is 0. The lowest BCUT2D eigenvalue weighted by Crippen LogP contribution is -2.18. The highest BCUT2D eigenvalue weighted by molar-refractivity contribution is 5.79. The molecule has 19 heavy (non-hydrogen) atoms. The van der Waals surface area contributed by atoms with Gasteiger partial charge in [-0.2, -0.15) is 0 Å². The summed E-state index contributed by atoms with van der Waals surface area (Å²) in [6.45, 7) is 1.74. The van der Waals surface area contributed by atoms with E-state index in [4.69, 9.17) is 0 Å². The van der Waals surface area contributed by atoms with E-state index in [1.165, 1.54) is 12.1 Å². The van der Waals surface area contributed by atoms with Crippen LogP contribution in [-0.2, 0) is 4.79 Å². The summed E-state index contributed by atoms with van der Waals surface area (Å²) < 4.78 is 40.7. The standard InChI is InChI=1S/C14H15F3O2/c1-9-6-11(10-2-4-12(18)5-3-10)8-13(7-9)19-14(15,16)17/h6-8,10H,2-5H2,1H3. The lowest BCUT2D eigenvalue weighted by Gasteiger charge is -2.22. The van der Waals surface area contributed by atoms with Gasteiger partial charge in [0.1, 0.15) is 11.5 Å². The first kappa shape index (κ1) is 13.9. The van der Waals surface area contributed by atoms with Gasteiger partial charge in [-0.3, -0.25) is 4.79 Å². The van der Waals surface area contributed by atoms with Crippen LogP contribution < -0.4 is 4.74 Å². The first-order valence-corrected chi connectivity index (χ1v) is 6.22. The summed E-state index contributed by atoms with van der Waals surface area (Å²) in [7, 11) is 0. The van der Waals surface area contributed by atoms with Gasteiger partial charge in [0.25, 0.3) is 0 Å². The number of ether oxygens (including phenoxy) is 1. The molecule has 1 aliphatic rings. The van der Waals surface area contributed by atoms with Crippen molar-refractivity contribution in [2.24, 2.45) is 0 Å². The quantitative estimate of drug-likeness (QED) is 0.809. The van der Waals surface area contributed by atoms with E-state index in [1.54, 1.807) is 6.92 Å². The molecule has 1 saturated carbocycles. The van der Waals surface area contributed by atoms with Crippen LogP contribution in [0.1, 0.15) is 42.7 Å². The molecule has 1 fully saturated rings. The van der Waals surface area contributed by atoms with Gasteiger partial charge in [-0.15, -0.1) is 13.2 Å². The minimum atomic E-state index is -4.67. The van der Waals surface area contributed by atoms with E-state index >= 15 is 0 Å². The van der Waals surface area contributed by atoms with Crippen molar-refractivity contribution in [2.75, 3.05) is 0 Å². The van der Waals surface area contributed by atoms with Crippen molar-refractivity contribution in [3.8, 4) is 5.75 Å². The average molecular weight is 272 g/mol. The number of ketones is 1. The lowest BCUT2D eigenvalue weighted by atomic mass is 9.83. The molecule has 5 heteroatoms. The zero-order valence-corrected chi connectivity index (χ0v) is 10.6. The maximum atomic E-state index is 12.2. The Balaban J connectivity index is 2.19. The maximum absolute atomic E-state index is 12.2. The van der Waals surface area contributed by atoms with Crippen LogP contribution in [0, 0.1) is 6.92 Å².